The van der Waals surface area contributed by atoms with Gasteiger partial charge in [0, 0.05) is 11.3 Å². The molecule has 0 heterocycles. The van der Waals surface area contributed by atoms with Gasteiger partial charge in [0.25, 0.3) is 10.0 Å². The van der Waals surface area contributed by atoms with Crippen LogP contribution in [0, 0.1) is 13.8 Å². The maximum Gasteiger partial charge on any atom is 0.341 e. The van der Waals surface area contributed by atoms with Crippen molar-refractivity contribution in [1.82, 2.24) is 0 Å². The van der Waals surface area contributed by atoms with Crippen molar-refractivity contribution in [3.8, 4) is 5.75 Å². The highest BCUT2D eigenvalue weighted by Gasteiger charge is 2.21. The number of rotatable bonds is 7. The van der Waals surface area contributed by atoms with Crippen molar-refractivity contribution in [3.63, 3.8) is 0 Å². The smallest absolute Gasteiger partial charge is 0.341 e. The maximum absolute atomic E-state index is 12.7. The molecule has 2 aromatic carbocycles. The van der Waals surface area contributed by atoms with Crippen molar-refractivity contribution in [2.45, 2.75) is 23.6 Å². The number of benzene rings is 2. The summed E-state index contributed by atoms with van der Waals surface area (Å²) in [5, 5.41) is 13.8. The fourth-order valence-corrected chi connectivity index (χ4v) is 4.19. The molecule has 2 aromatic rings. The standard InChI is InChI=1S/C16H18N2O7S2/c1-10-3-8-14(11(2)16(10)25-9-15(19)20)27(23,24)18-12-4-6-13(7-5-12)26(17,21)22/h3-8,18H,9H2,1-2H3,(H,19,20)(H2,17,21,22). The SMILES string of the molecule is Cc1ccc(S(=O)(=O)Nc2ccc(S(N)(=O)=O)cc2)c(C)c1OCC(=O)O. The number of ether oxygens (including phenoxy) is 1. The van der Waals surface area contributed by atoms with Gasteiger partial charge in [0.1, 0.15) is 5.75 Å². The third kappa shape index (κ3) is 4.96. The zero-order valence-electron chi connectivity index (χ0n) is 14.5. The van der Waals surface area contributed by atoms with E-state index >= 15 is 0 Å². The number of anilines is 1. The first kappa shape index (κ1) is 20.7. The third-order valence-electron chi connectivity index (χ3n) is 3.62. The van der Waals surface area contributed by atoms with Crippen molar-refractivity contribution in [3.05, 3.63) is 47.5 Å². The minimum absolute atomic E-state index is 0.0935. The van der Waals surface area contributed by atoms with Gasteiger partial charge in [-0.2, -0.15) is 0 Å². The molecular weight excluding hydrogens is 396 g/mol. The molecule has 0 saturated carbocycles. The van der Waals surface area contributed by atoms with E-state index in [0.717, 1.165) is 0 Å². The summed E-state index contributed by atoms with van der Waals surface area (Å²) in [5.74, 6) is -1.01. The summed E-state index contributed by atoms with van der Waals surface area (Å²) in [5.41, 5.74) is 0.977. The Bertz CT molecular complexity index is 1080. The molecule has 0 aromatic heterocycles. The van der Waals surface area contributed by atoms with Gasteiger partial charge in [0.2, 0.25) is 10.0 Å². The largest absolute Gasteiger partial charge is 0.481 e. The summed E-state index contributed by atoms with van der Waals surface area (Å²) in [6.07, 6.45) is 0. The quantitative estimate of drug-likeness (QED) is 0.615. The number of carboxylic acid groups (broad SMARTS) is 1. The summed E-state index contributed by atoms with van der Waals surface area (Å²) in [4.78, 5) is 10.5. The summed E-state index contributed by atoms with van der Waals surface area (Å²) in [6, 6.07) is 7.76. The number of carboxylic acids is 1. The zero-order chi connectivity index (χ0) is 20.4. The van der Waals surface area contributed by atoms with Crippen LogP contribution in [0.4, 0.5) is 5.69 Å². The van der Waals surface area contributed by atoms with Gasteiger partial charge in [-0.15, -0.1) is 0 Å². The fraction of sp³-hybridized carbons (Fsp3) is 0.188. The van der Waals surface area contributed by atoms with Crippen LogP contribution in [0.5, 0.6) is 5.75 Å². The Hall–Kier alpha value is -2.63. The highest BCUT2D eigenvalue weighted by Crippen LogP contribution is 2.30. The van der Waals surface area contributed by atoms with Gasteiger partial charge in [-0.1, -0.05) is 6.07 Å². The molecule has 0 fully saturated rings. The Morgan fingerprint density at radius 1 is 1.07 bits per heavy atom. The normalized spacial score (nSPS) is 11.8. The number of aliphatic carboxylic acids is 1. The van der Waals surface area contributed by atoms with Crippen molar-refractivity contribution < 1.29 is 31.5 Å². The molecular formula is C16H18N2O7S2. The van der Waals surface area contributed by atoms with Gasteiger partial charge >= 0.3 is 5.97 Å². The number of aryl methyl sites for hydroxylation is 1. The topological polar surface area (TPSA) is 153 Å². The van der Waals surface area contributed by atoms with Crippen molar-refractivity contribution >= 4 is 31.7 Å². The number of nitrogens with two attached hydrogens (primary N) is 1. The lowest BCUT2D eigenvalue weighted by Gasteiger charge is -2.15. The van der Waals surface area contributed by atoms with Gasteiger partial charge in [-0.3, -0.25) is 4.72 Å². The number of hydrogen-bond acceptors (Lipinski definition) is 6. The molecule has 2 rings (SSSR count). The molecule has 0 aliphatic rings. The highest BCUT2D eigenvalue weighted by molar-refractivity contribution is 7.92. The van der Waals surface area contributed by atoms with E-state index in [1.165, 1.54) is 43.3 Å². The summed E-state index contributed by atoms with van der Waals surface area (Å²) >= 11 is 0. The average molecular weight is 414 g/mol. The number of nitrogens with one attached hydrogen (secondary N) is 1. The van der Waals surface area contributed by atoms with Gasteiger partial charge in [-0.25, -0.2) is 26.8 Å². The van der Waals surface area contributed by atoms with Crippen LogP contribution in [0.3, 0.4) is 0 Å². The highest BCUT2D eigenvalue weighted by atomic mass is 32.2. The molecule has 0 aliphatic heterocycles. The molecule has 0 atom stereocenters. The molecule has 9 nitrogen and oxygen atoms in total. The van der Waals surface area contributed by atoms with Crippen LogP contribution in [-0.2, 0) is 24.8 Å². The van der Waals surface area contributed by atoms with Crippen molar-refractivity contribution in [2.75, 3.05) is 11.3 Å². The monoisotopic (exact) mass is 414 g/mol. The summed E-state index contributed by atoms with van der Waals surface area (Å²) in [7, 11) is -7.92. The predicted octanol–water partition coefficient (Wildman–Crippen LogP) is 1.22. The van der Waals surface area contributed by atoms with Crippen LogP contribution in [0.25, 0.3) is 0 Å². The Labute approximate surface area is 156 Å². The molecule has 0 spiro atoms. The van der Waals surface area contributed by atoms with Crippen molar-refractivity contribution in [2.24, 2.45) is 5.14 Å². The van der Waals surface area contributed by atoms with Crippen LogP contribution in [0.15, 0.2) is 46.2 Å². The molecule has 11 heteroatoms. The number of sulfonamides is 2. The van der Waals surface area contributed by atoms with Gasteiger partial charge in [0.05, 0.1) is 9.79 Å². The molecule has 4 N–H and O–H groups in total. The minimum atomic E-state index is -4.03. The van der Waals surface area contributed by atoms with Crippen LogP contribution in [0.1, 0.15) is 11.1 Å². The van der Waals surface area contributed by atoms with Crippen LogP contribution in [-0.4, -0.2) is 34.5 Å². The molecule has 0 amide bonds. The van der Waals surface area contributed by atoms with E-state index < -0.39 is 32.6 Å². The summed E-state index contributed by atoms with van der Waals surface area (Å²) in [6.45, 7) is 2.57. The van der Waals surface area contributed by atoms with Crippen LogP contribution >= 0.6 is 0 Å². The Morgan fingerprint density at radius 2 is 1.67 bits per heavy atom. The van der Waals surface area contributed by atoms with E-state index in [1.807, 2.05) is 0 Å². The molecule has 146 valence electrons. The molecule has 0 radical (unpaired) electrons. The number of carbonyl (C=O) groups is 1. The van der Waals surface area contributed by atoms with E-state index in [0.29, 0.717) is 5.56 Å². The fourth-order valence-electron chi connectivity index (χ4n) is 2.38. The van der Waals surface area contributed by atoms with Gasteiger partial charge in [-0.05, 0) is 49.7 Å². The second-order valence-corrected chi connectivity index (χ2v) is 8.90. The van der Waals surface area contributed by atoms with E-state index in [-0.39, 0.29) is 26.8 Å². The lowest BCUT2D eigenvalue weighted by molar-refractivity contribution is -0.139. The Morgan fingerprint density at radius 3 is 2.19 bits per heavy atom. The van der Waals surface area contributed by atoms with E-state index in [4.69, 9.17) is 15.0 Å². The molecule has 0 aliphatic carbocycles. The predicted molar refractivity (Wildman–Crippen MR) is 97.7 cm³/mol. The maximum atomic E-state index is 12.7. The van der Waals surface area contributed by atoms with Crippen molar-refractivity contribution in [1.29, 1.82) is 0 Å². The number of primary sulfonamides is 1. The van der Waals surface area contributed by atoms with E-state index in [9.17, 15) is 21.6 Å². The first-order chi connectivity index (χ1) is 12.4. The van der Waals surface area contributed by atoms with Gasteiger partial charge < -0.3 is 9.84 Å². The molecule has 0 saturated heterocycles. The Kier molecular flexibility index (Phi) is 5.78. The van der Waals surface area contributed by atoms with E-state index in [2.05, 4.69) is 4.72 Å². The lowest BCUT2D eigenvalue weighted by atomic mass is 10.1. The van der Waals surface area contributed by atoms with E-state index in [1.54, 1.807) is 6.92 Å². The zero-order valence-corrected chi connectivity index (χ0v) is 16.1. The minimum Gasteiger partial charge on any atom is -0.481 e. The molecule has 27 heavy (non-hydrogen) atoms. The molecule has 0 bridgehead atoms. The third-order valence-corrected chi connectivity index (χ3v) is 6.07. The first-order valence-electron chi connectivity index (χ1n) is 7.52. The van der Waals surface area contributed by atoms with Crippen LogP contribution in [0.2, 0.25) is 0 Å². The van der Waals surface area contributed by atoms with Crippen LogP contribution < -0.4 is 14.6 Å². The summed E-state index contributed by atoms with van der Waals surface area (Å²) < 4.78 is 55.4. The second kappa shape index (κ2) is 7.55. The van der Waals surface area contributed by atoms with Gasteiger partial charge in [0.15, 0.2) is 6.61 Å². The average Bonchev–Trinajstić information content (AvgIpc) is 2.53. The molecule has 0 unspecified atom stereocenters. The Balaban J connectivity index is 2.36. The second-order valence-electron chi connectivity index (χ2n) is 5.69. The lowest BCUT2D eigenvalue weighted by Crippen LogP contribution is -2.17. The first-order valence-corrected chi connectivity index (χ1v) is 10.6. The number of hydrogen-bond donors (Lipinski definition) is 3.